The maximum Gasteiger partial charge on any atom is 0.257 e. The second-order valence-corrected chi connectivity index (χ2v) is 3.66. The molecule has 0 bridgehead atoms. The van der Waals surface area contributed by atoms with Gasteiger partial charge < -0.3 is 5.32 Å². The van der Waals surface area contributed by atoms with Gasteiger partial charge in [0.05, 0.1) is 0 Å². The van der Waals surface area contributed by atoms with Crippen LogP contribution in [0.4, 0.5) is 8.78 Å². The Labute approximate surface area is 93.7 Å². The van der Waals surface area contributed by atoms with Crippen LogP contribution in [0.2, 0.25) is 0 Å². The molecule has 0 spiro atoms. The molecule has 0 aliphatic rings. The van der Waals surface area contributed by atoms with E-state index in [-0.39, 0.29) is 5.56 Å². The summed E-state index contributed by atoms with van der Waals surface area (Å²) >= 11 is 0. The lowest BCUT2D eigenvalue weighted by Crippen LogP contribution is -2.26. The zero-order valence-electron chi connectivity index (χ0n) is 9.44. The van der Waals surface area contributed by atoms with Gasteiger partial charge in [0.1, 0.15) is 17.2 Å². The van der Waals surface area contributed by atoms with Crippen LogP contribution in [-0.4, -0.2) is 12.5 Å². The minimum absolute atomic E-state index is 0.266. The standard InChI is InChI=1S/C12H15F2NO/c1-3-4-7-15-12(16)10-9(13)6-5-8(2)11(10)14/h5-6H,3-4,7H2,1-2H3,(H,15,16). The highest BCUT2D eigenvalue weighted by Crippen LogP contribution is 2.15. The second-order valence-electron chi connectivity index (χ2n) is 3.66. The van der Waals surface area contributed by atoms with Crippen LogP contribution >= 0.6 is 0 Å². The summed E-state index contributed by atoms with van der Waals surface area (Å²) in [6, 6.07) is 2.42. The number of unbranched alkanes of at least 4 members (excludes halogenated alkanes) is 1. The SMILES string of the molecule is CCCCNC(=O)c1c(F)ccc(C)c1F. The first-order chi connectivity index (χ1) is 7.57. The monoisotopic (exact) mass is 227 g/mol. The van der Waals surface area contributed by atoms with Gasteiger partial charge in [-0.05, 0) is 25.0 Å². The molecule has 1 aromatic rings. The average molecular weight is 227 g/mol. The van der Waals surface area contributed by atoms with Crippen molar-refractivity contribution in [2.75, 3.05) is 6.54 Å². The Morgan fingerprint density at radius 3 is 2.69 bits per heavy atom. The van der Waals surface area contributed by atoms with Crippen LogP contribution in [0.5, 0.6) is 0 Å². The Balaban J connectivity index is 2.86. The van der Waals surface area contributed by atoms with E-state index in [1.807, 2.05) is 6.92 Å². The number of rotatable bonds is 4. The molecule has 4 heteroatoms. The molecule has 16 heavy (non-hydrogen) atoms. The fourth-order valence-electron chi connectivity index (χ4n) is 1.33. The van der Waals surface area contributed by atoms with Crippen LogP contribution in [0.15, 0.2) is 12.1 Å². The van der Waals surface area contributed by atoms with E-state index in [0.29, 0.717) is 6.54 Å². The molecule has 2 nitrogen and oxygen atoms in total. The number of benzene rings is 1. The lowest BCUT2D eigenvalue weighted by Gasteiger charge is -2.07. The molecule has 88 valence electrons. The summed E-state index contributed by atoms with van der Waals surface area (Å²) in [5.41, 5.74) is -0.224. The highest BCUT2D eigenvalue weighted by molar-refractivity contribution is 5.94. The molecular formula is C12H15F2NO. The third-order valence-electron chi connectivity index (χ3n) is 2.33. The molecule has 1 aromatic carbocycles. The number of hydrogen-bond acceptors (Lipinski definition) is 1. The number of nitrogens with one attached hydrogen (secondary N) is 1. The maximum atomic E-state index is 13.5. The van der Waals surface area contributed by atoms with Crippen LogP contribution in [-0.2, 0) is 0 Å². The van der Waals surface area contributed by atoms with Gasteiger partial charge in [0, 0.05) is 6.54 Å². The first-order valence-electron chi connectivity index (χ1n) is 5.30. The smallest absolute Gasteiger partial charge is 0.257 e. The lowest BCUT2D eigenvalue weighted by molar-refractivity contribution is 0.0944. The van der Waals surface area contributed by atoms with Gasteiger partial charge in [-0.1, -0.05) is 19.4 Å². The molecule has 0 fully saturated rings. The number of amides is 1. The van der Waals surface area contributed by atoms with E-state index in [0.717, 1.165) is 18.9 Å². The minimum Gasteiger partial charge on any atom is -0.352 e. The zero-order chi connectivity index (χ0) is 12.1. The van der Waals surface area contributed by atoms with E-state index < -0.39 is 23.1 Å². The zero-order valence-corrected chi connectivity index (χ0v) is 9.44. The molecule has 0 saturated heterocycles. The van der Waals surface area contributed by atoms with Gasteiger partial charge in [-0.2, -0.15) is 0 Å². The third-order valence-corrected chi connectivity index (χ3v) is 2.33. The Bertz CT molecular complexity index is 391. The Morgan fingerprint density at radius 2 is 2.06 bits per heavy atom. The van der Waals surface area contributed by atoms with E-state index >= 15 is 0 Å². The normalized spacial score (nSPS) is 10.2. The van der Waals surface area contributed by atoms with Gasteiger partial charge in [0.25, 0.3) is 5.91 Å². The first kappa shape index (κ1) is 12.6. The Morgan fingerprint density at radius 1 is 1.38 bits per heavy atom. The van der Waals surface area contributed by atoms with Crippen LogP contribution in [0.1, 0.15) is 35.7 Å². The predicted molar refractivity (Wildman–Crippen MR) is 58.3 cm³/mol. The molecule has 0 atom stereocenters. The van der Waals surface area contributed by atoms with Crippen molar-refractivity contribution >= 4 is 5.91 Å². The molecule has 0 aliphatic carbocycles. The molecule has 0 saturated carbocycles. The highest BCUT2D eigenvalue weighted by atomic mass is 19.1. The number of halogens is 2. The quantitative estimate of drug-likeness (QED) is 0.787. The first-order valence-corrected chi connectivity index (χ1v) is 5.30. The molecule has 0 heterocycles. The summed E-state index contributed by atoms with van der Waals surface area (Å²) in [7, 11) is 0. The van der Waals surface area contributed by atoms with Crippen molar-refractivity contribution in [3.63, 3.8) is 0 Å². The van der Waals surface area contributed by atoms with Crippen LogP contribution in [0.3, 0.4) is 0 Å². The molecule has 1 amide bonds. The average Bonchev–Trinajstić information content (AvgIpc) is 2.24. The number of carbonyl (C=O) groups excluding carboxylic acids is 1. The van der Waals surface area contributed by atoms with Gasteiger partial charge in [-0.15, -0.1) is 0 Å². The van der Waals surface area contributed by atoms with E-state index in [1.165, 1.54) is 13.0 Å². The summed E-state index contributed by atoms with van der Waals surface area (Å²) in [4.78, 5) is 11.5. The maximum absolute atomic E-state index is 13.5. The lowest BCUT2D eigenvalue weighted by atomic mass is 10.1. The molecule has 0 aromatic heterocycles. The summed E-state index contributed by atoms with van der Waals surface area (Å²) in [5.74, 6) is -2.29. The minimum atomic E-state index is -0.822. The van der Waals surface area contributed by atoms with Crippen molar-refractivity contribution in [2.24, 2.45) is 0 Å². The number of carbonyl (C=O) groups is 1. The van der Waals surface area contributed by atoms with Crippen LogP contribution < -0.4 is 5.32 Å². The van der Waals surface area contributed by atoms with E-state index in [9.17, 15) is 13.6 Å². The van der Waals surface area contributed by atoms with Crippen molar-refractivity contribution in [1.29, 1.82) is 0 Å². The second kappa shape index (κ2) is 5.58. The van der Waals surface area contributed by atoms with E-state index in [4.69, 9.17) is 0 Å². The molecule has 0 aliphatic heterocycles. The van der Waals surface area contributed by atoms with Gasteiger partial charge in [0.2, 0.25) is 0 Å². The molecule has 0 unspecified atom stereocenters. The van der Waals surface area contributed by atoms with Gasteiger partial charge in [-0.25, -0.2) is 8.78 Å². The van der Waals surface area contributed by atoms with E-state index in [2.05, 4.69) is 5.32 Å². The molecule has 1 rings (SSSR count). The van der Waals surface area contributed by atoms with Crippen molar-refractivity contribution < 1.29 is 13.6 Å². The summed E-state index contributed by atoms with van der Waals surface area (Å²) in [6.07, 6.45) is 1.71. The fourth-order valence-corrected chi connectivity index (χ4v) is 1.33. The highest BCUT2D eigenvalue weighted by Gasteiger charge is 2.18. The fraction of sp³-hybridized carbons (Fsp3) is 0.417. The summed E-state index contributed by atoms with van der Waals surface area (Å²) in [5, 5.41) is 2.49. The van der Waals surface area contributed by atoms with Gasteiger partial charge in [0.15, 0.2) is 0 Å². The molecule has 1 N–H and O–H groups in total. The van der Waals surface area contributed by atoms with E-state index in [1.54, 1.807) is 0 Å². The molecular weight excluding hydrogens is 212 g/mol. The van der Waals surface area contributed by atoms with Gasteiger partial charge >= 0.3 is 0 Å². The largest absolute Gasteiger partial charge is 0.352 e. The number of hydrogen-bond donors (Lipinski definition) is 1. The van der Waals surface area contributed by atoms with Gasteiger partial charge in [-0.3, -0.25) is 4.79 Å². The molecule has 0 radical (unpaired) electrons. The van der Waals surface area contributed by atoms with Crippen molar-refractivity contribution in [1.82, 2.24) is 5.32 Å². The Kier molecular flexibility index (Phi) is 4.40. The van der Waals surface area contributed by atoms with Crippen LogP contribution in [0.25, 0.3) is 0 Å². The number of aryl methyl sites for hydroxylation is 1. The van der Waals surface area contributed by atoms with Crippen molar-refractivity contribution in [3.8, 4) is 0 Å². The predicted octanol–water partition coefficient (Wildman–Crippen LogP) is 2.80. The van der Waals surface area contributed by atoms with Crippen LogP contribution in [0, 0.1) is 18.6 Å². The summed E-state index contributed by atoms with van der Waals surface area (Å²) < 4.78 is 26.8. The Hall–Kier alpha value is -1.45. The van der Waals surface area contributed by atoms with Crippen molar-refractivity contribution in [3.05, 3.63) is 34.9 Å². The summed E-state index contributed by atoms with van der Waals surface area (Å²) in [6.45, 7) is 3.90. The topological polar surface area (TPSA) is 29.1 Å². The van der Waals surface area contributed by atoms with Crippen molar-refractivity contribution in [2.45, 2.75) is 26.7 Å². The third kappa shape index (κ3) is 2.78.